The molecule has 0 radical (unpaired) electrons. The number of hydrogen-bond acceptors (Lipinski definition) is 8. The molecule has 4 aromatic heterocycles. The number of carbonyl (C=O) groups is 1. The Morgan fingerprint density at radius 3 is 2.56 bits per heavy atom. The van der Waals surface area contributed by atoms with Gasteiger partial charge in [0.1, 0.15) is 5.69 Å². The lowest BCUT2D eigenvalue weighted by Gasteiger charge is -2.38. The van der Waals surface area contributed by atoms with Gasteiger partial charge in [-0.2, -0.15) is 5.10 Å². The number of carbonyl (C=O) groups excluding carboxylic acids is 1. The van der Waals surface area contributed by atoms with Crippen molar-refractivity contribution in [1.29, 1.82) is 0 Å². The van der Waals surface area contributed by atoms with Crippen LogP contribution in [0.3, 0.4) is 0 Å². The summed E-state index contributed by atoms with van der Waals surface area (Å²) in [5, 5.41) is 13.1. The SMILES string of the molecule is CCOC(=O)N1C2CCC1CC(c1ccnc3c(-c4cccc(-c5nnco5)c4)c(-c4ccncc4)nn13)C2. The van der Waals surface area contributed by atoms with Gasteiger partial charge in [-0.3, -0.25) is 4.98 Å². The molecule has 2 aliphatic heterocycles. The lowest BCUT2D eigenvalue weighted by atomic mass is 9.88. The van der Waals surface area contributed by atoms with Gasteiger partial charge >= 0.3 is 6.09 Å². The third kappa shape index (κ3) is 4.03. The minimum atomic E-state index is -0.189. The van der Waals surface area contributed by atoms with Crippen LogP contribution in [-0.4, -0.2) is 59.5 Å². The van der Waals surface area contributed by atoms with Gasteiger partial charge in [0.15, 0.2) is 5.65 Å². The van der Waals surface area contributed by atoms with E-state index in [0.29, 0.717) is 12.5 Å². The van der Waals surface area contributed by atoms with Crippen molar-refractivity contribution in [2.45, 2.75) is 50.6 Å². The van der Waals surface area contributed by atoms with Crippen LogP contribution in [0.15, 0.2) is 71.9 Å². The zero-order valence-corrected chi connectivity index (χ0v) is 21.5. The molecule has 2 fully saturated rings. The van der Waals surface area contributed by atoms with Crippen LogP contribution < -0.4 is 0 Å². The molecule has 7 rings (SSSR count). The summed E-state index contributed by atoms with van der Waals surface area (Å²) in [7, 11) is 0. The van der Waals surface area contributed by atoms with Crippen LogP contribution in [0.1, 0.15) is 44.2 Å². The lowest BCUT2D eigenvalue weighted by Crippen LogP contribution is -2.46. The van der Waals surface area contributed by atoms with Gasteiger partial charge in [-0.25, -0.2) is 14.3 Å². The number of pyridine rings is 1. The molecule has 10 heteroatoms. The van der Waals surface area contributed by atoms with Crippen LogP contribution in [0.5, 0.6) is 0 Å². The van der Waals surface area contributed by atoms with Gasteiger partial charge in [0.2, 0.25) is 12.3 Å². The second-order valence-corrected chi connectivity index (χ2v) is 10.0. The highest BCUT2D eigenvalue weighted by molar-refractivity contribution is 5.91. The molecule has 10 nitrogen and oxygen atoms in total. The number of fused-ring (bicyclic) bond motifs is 3. The minimum Gasteiger partial charge on any atom is -0.450 e. The number of benzene rings is 1. The summed E-state index contributed by atoms with van der Waals surface area (Å²) in [4.78, 5) is 23.6. The third-order valence-corrected chi connectivity index (χ3v) is 7.89. The Labute approximate surface area is 224 Å². The Balaban J connectivity index is 1.34. The number of nitrogens with zero attached hydrogens (tertiary/aromatic N) is 7. The smallest absolute Gasteiger partial charge is 0.410 e. The number of aromatic nitrogens is 6. The van der Waals surface area contributed by atoms with E-state index in [1.165, 1.54) is 6.39 Å². The molecule has 1 aromatic carbocycles. The van der Waals surface area contributed by atoms with Crippen LogP contribution in [0.2, 0.25) is 0 Å². The number of piperidine rings is 1. The predicted octanol–water partition coefficient (Wildman–Crippen LogP) is 5.38. The molecule has 1 amide bonds. The van der Waals surface area contributed by atoms with Crippen LogP contribution >= 0.6 is 0 Å². The average molecular weight is 522 g/mol. The molecular weight excluding hydrogens is 494 g/mol. The van der Waals surface area contributed by atoms with Crippen molar-refractivity contribution in [3.05, 3.63) is 73.1 Å². The van der Waals surface area contributed by atoms with Crippen molar-refractivity contribution >= 4 is 11.7 Å². The van der Waals surface area contributed by atoms with Gasteiger partial charge in [0.05, 0.1) is 12.2 Å². The van der Waals surface area contributed by atoms with Crippen LogP contribution in [-0.2, 0) is 4.74 Å². The first kappa shape index (κ1) is 23.5. The second-order valence-electron chi connectivity index (χ2n) is 10.0. The Hall–Kier alpha value is -4.60. The van der Waals surface area contributed by atoms with E-state index in [1.54, 1.807) is 12.4 Å². The van der Waals surface area contributed by atoms with Crippen LogP contribution in [0.4, 0.5) is 4.79 Å². The Morgan fingerprint density at radius 1 is 1.03 bits per heavy atom. The largest absolute Gasteiger partial charge is 0.450 e. The van der Waals surface area contributed by atoms with Crippen molar-refractivity contribution in [3.8, 4) is 33.8 Å². The molecule has 2 aliphatic rings. The van der Waals surface area contributed by atoms with Gasteiger partial charge < -0.3 is 14.1 Å². The Bertz CT molecular complexity index is 1620. The number of hydrogen-bond donors (Lipinski definition) is 0. The second kappa shape index (κ2) is 9.61. The van der Waals surface area contributed by atoms with Gasteiger partial charge in [-0.1, -0.05) is 12.1 Å². The van der Waals surface area contributed by atoms with Crippen molar-refractivity contribution in [2.24, 2.45) is 0 Å². The molecule has 2 atom stereocenters. The number of ether oxygens (including phenoxy) is 1. The maximum Gasteiger partial charge on any atom is 0.410 e. The van der Waals surface area contributed by atoms with Crippen molar-refractivity contribution in [2.75, 3.05) is 6.61 Å². The van der Waals surface area contributed by atoms with E-state index in [2.05, 4.69) is 21.2 Å². The van der Waals surface area contributed by atoms with Crippen LogP contribution in [0.25, 0.3) is 39.5 Å². The highest BCUT2D eigenvalue weighted by Crippen LogP contribution is 2.44. The summed E-state index contributed by atoms with van der Waals surface area (Å²) in [5.41, 5.74) is 6.37. The summed E-state index contributed by atoms with van der Waals surface area (Å²) in [6, 6.07) is 14.3. The molecule has 0 spiro atoms. The van der Waals surface area contributed by atoms with Crippen molar-refractivity contribution in [3.63, 3.8) is 0 Å². The molecule has 0 saturated carbocycles. The quantitative estimate of drug-likeness (QED) is 0.303. The van der Waals surface area contributed by atoms with Gasteiger partial charge in [-0.05, 0) is 68.5 Å². The van der Waals surface area contributed by atoms with E-state index in [1.807, 2.05) is 58.9 Å². The first-order valence-corrected chi connectivity index (χ1v) is 13.3. The van der Waals surface area contributed by atoms with E-state index >= 15 is 0 Å². The molecule has 0 N–H and O–H groups in total. The van der Waals surface area contributed by atoms with Gasteiger partial charge in [0.25, 0.3) is 0 Å². The van der Waals surface area contributed by atoms with Crippen molar-refractivity contribution < 1.29 is 13.9 Å². The molecule has 6 heterocycles. The summed E-state index contributed by atoms with van der Waals surface area (Å²) < 4.78 is 12.8. The molecule has 196 valence electrons. The van der Waals surface area contributed by atoms with E-state index in [0.717, 1.165) is 65.0 Å². The highest BCUT2D eigenvalue weighted by atomic mass is 16.6. The lowest BCUT2D eigenvalue weighted by molar-refractivity contribution is 0.0685. The topological polar surface area (TPSA) is 112 Å². The maximum atomic E-state index is 12.6. The van der Waals surface area contributed by atoms with Crippen LogP contribution in [0, 0.1) is 0 Å². The summed E-state index contributed by atoms with van der Waals surface area (Å²) in [6.45, 7) is 2.25. The first-order chi connectivity index (χ1) is 19.2. The molecule has 2 bridgehead atoms. The van der Waals surface area contributed by atoms with Gasteiger partial charge in [0, 0.05) is 53.4 Å². The summed E-state index contributed by atoms with van der Waals surface area (Å²) in [5.74, 6) is 0.706. The standard InChI is InChI=1S/C29H27N7O3/c1-2-38-29(37)35-22-6-7-23(35)16-21(15-22)24-10-13-31-27-25(26(34-36(24)27)18-8-11-30-12-9-18)19-4-3-5-20(14-19)28-33-32-17-39-28/h3-5,8-14,17,21-23H,2,6-7,15-16H2,1H3. The third-order valence-electron chi connectivity index (χ3n) is 7.89. The molecular formula is C29H27N7O3. The number of amides is 1. The fraction of sp³-hybridized carbons (Fsp3) is 0.310. The maximum absolute atomic E-state index is 12.6. The van der Waals surface area contributed by atoms with Crippen molar-refractivity contribution in [1.82, 2.24) is 34.7 Å². The highest BCUT2D eigenvalue weighted by Gasteiger charge is 2.45. The zero-order chi connectivity index (χ0) is 26.3. The summed E-state index contributed by atoms with van der Waals surface area (Å²) >= 11 is 0. The zero-order valence-electron chi connectivity index (χ0n) is 21.5. The molecule has 39 heavy (non-hydrogen) atoms. The number of rotatable bonds is 5. The fourth-order valence-electron chi connectivity index (χ4n) is 6.27. The predicted molar refractivity (Wildman–Crippen MR) is 143 cm³/mol. The fourth-order valence-corrected chi connectivity index (χ4v) is 6.27. The minimum absolute atomic E-state index is 0.178. The van der Waals surface area contributed by atoms with E-state index in [4.69, 9.17) is 19.2 Å². The Kier molecular flexibility index (Phi) is 5.79. The molecule has 2 unspecified atom stereocenters. The Morgan fingerprint density at radius 2 is 1.82 bits per heavy atom. The van der Waals surface area contributed by atoms with Gasteiger partial charge in [-0.15, -0.1) is 10.2 Å². The van der Waals surface area contributed by atoms with E-state index < -0.39 is 0 Å². The monoisotopic (exact) mass is 521 g/mol. The first-order valence-electron chi connectivity index (χ1n) is 13.3. The molecule has 5 aromatic rings. The molecule has 0 aliphatic carbocycles. The summed E-state index contributed by atoms with van der Waals surface area (Å²) in [6.07, 6.45) is 10.3. The average Bonchev–Trinajstić information content (AvgIpc) is 3.70. The molecule has 2 saturated heterocycles. The normalized spacial score (nSPS) is 20.4. The van der Waals surface area contributed by atoms with E-state index in [9.17, 15) is 4.79 Å². The van der Waals surface area contributed by atoms with E-state index in [-0.39, 0.29) is 24.1 Å².